The van der Waals surface area contributed by atoms with Crippen LogP contribution in [0.5, 0.6) is 0 Å². The van der Waals surface area contributed by atoms with E-state index in [9.17, 15) is 14.9 Å². The first-order valence-corrected chi connectivity index (χ1v) is 11.2. The SMILES string of the molecule is Cn1nccc1CNC(=O)OC1CCc2c(sc(NC(=O)C=Cc3cccnc3)c2C#N)C1. The lowest BCUT2D eigenvalue weighted by Crippen LogP contribution is -2.32. The largest absolute Gasteiger partial charge is 0.446 e. The van der Waals surface area contributed by atoms with Crippen LogP contribution < -0.4 is 10.6 Å². The minimum Gasteiger partial charge on any atom is -0.446 e. The smallest absolute Gasteiger partial charge is 0.407 e. The van der Waals surface area contributed by atoms with Crippen LogP contribution in [0.3, 0.4) is 0 Å². The molecule has 3 aromatic heterocycles. The summed E-state index contributed by atoms with van der Waals surface area (Å²) in [7, 11) is 1.81. The average molecular weight is 463 g/mol. The highest BCUT2D eigenvalue weighted by Gasteiger charge is 2.28. The predicted molar refractivity (Wildman–Crippen MR) is 123 cm³/mol. The van der Waals surface area contributed by atoms with Crippen molar-refractivity contribution < 1.29 is 14.3 Å². The molecule has 2 N–H and O–H groups in total. The van der Waals surface area contributed by atoms with Crippen LogP contribution in [0, 0.1) is 11.3 Å². The molecule has 168 valence electrons. The normalized spacial score (nSPS) is 15.0. The number of thiophene rings is 1. The zero-order valence-electron chi connectivity index (χ0n) is 17.9. The molecule has 3 heterocycles. The first kappa shape index (κ1) is 22.2. The van der Waals surface area contributed by atoms with Gasteiger partial charge in [0, 0.05) is 43.0 Å². The van der Waals surface area contributed by atoms with E-state index in [4.69, 9.17) is 4.74 Å². The molecule has 0 spiro atoms. The number of hydrogen-bond donors (Lipinski definition) is 2. The number of carbonyl (C=O) groups excluding carboxylic acids is 2. The van der Waals surface area contributed by atoms with E-state index in [0.29, 0.717) is 36.4 Å². The third-order valence-corrected chi connectivity index (χ3v) is 6.46. The minimum absolute atomic E-state index is 0.289. The average Bonchev–Trinajstić information content (AvgIpc) is 3.38. The molecule has 1 atom stereocenters. The summed E-state index contributed by atoms with van der Waals surface area (Å²) in [5.74, 6) is -0.323. The van der Waals surface area contributed by atoms with Gasteiger partial charge in [-0.2, -0.15) is 10.4 Å². The summed E-state index contributed by atoms with van der Waals surface area (Å²) < 4.78 is 7.26. The molecular formula is C23H22N6O3S. The molecule has 1 aliphatic rings. The number of pyridine rings is 1. The number of amides is 2. The first-order chi connectivity index (χ1) is 16.0. The van der Waals surface area contributed by atoms with E-state index in [-0.39, 0.29) is 12.0 Å². The van der Waals surface area contributed by atoms with Crippen LogP contribution in [0.4, 0.5) is 9.80 Å². The summed E-state index contributed by atoms with van der Waals surface area (Å²) in [5, 5.41) is 19.8. The summed E-state index contributed by atoms with van der Waals surface area (Å²) >= 11 is 1.36. The number of rotatable bonds is 6. The van der Waals surface area contributed by atoms with Crippen LogP contribution >= 0.6 is 11.3 Å². The summed E-state index contributed by atoms with van der Waals surface area (Å²) in [6.45, 7) is 0.327. The Morgan fingerprint density at radius 3 is 3.00 bits per heavy atom. The van der Waals surface area contributed by atoms with Gasteiger partial charge < -0.3 is 15.4 Å². The van der Waals surface area contributed by atoms with E-state index in [0.717, 1.165) is 21.7 Å². The molecule has 0 saturated heterocycles. The summed E-state index contributed by atoms with van der Waals surface area (Å²) in [5.41, 5.74) is 3.08. The van der Waals surface area contributed by atoms with Gasteiger partial charge in [0.1, 0.15) is 17.2 Å². The molecule has 9 nitrogen and oxygen atoms in total. The van der Waals surface area contributed by atoms with Crippen molar-refractivity contribution in [2.24, 2.45) is 7.05 Å². The lowest BCUT2D eigenvalue weighted by atomic mass is 9.94. The lowest BCUT2D eigenvalue weighted by molar-refractivity contribution is -0.111. The zero-order valence-corrected chi connectivity index (χ0v) is 18.8. The second-order valence-electron chi connectivity index (χ2n) is 7.50. The van der Waals surface area contributed by atoms with Crippen molar-refractivity contribution in [3.63, 3.8) is 0 Å². The van der Waals surface area contributed by atoms with Gasteiger partial charge in [-0.3, -0.25) is 14.5 Å². The summed E-state index contributed by atoms with van der Waals surface area (Å²) in [4.78, 5) is 29.5. The highest BCUT2D eigenvalue weighted by molar-refractivity contribution is 7.16. The third-order valence-electron chi connectivity index (χ3n) is 5.29. The van der Waals surface area contributed by atoms with Crippen LogP contribution in [0.25, 0.3) is 6.08 Å². The molecule has 4 rings (SSSR count). The van der Waals surface area contributed by atoms with Gasteiger partial charge in [-0.15, -0.1) is 11.3 Å². The minimum atomic E-state index is -0.490. The third kappa shape index (κ3) is 5.45. The standard InChI is InChI=1S/C23H22N6O3S/c1-29-16(8-10-27-29)14-26-23(31)32-17-5-6-18-19(12-24)22(33-20(18)11-17)28-21(30)7-4-15-3-2-9-25-13-15/h2-4,7-10,13,17H,5-6,11,14H2,1H3,(H,26,31)(H,28,30). The fourth-order valence-electron chi connectivity index (χ4n) is 3.59. The number of nitriles is 1. The lowest BCUT2D eigenvalue weighted by Gasteiger charge is -2.22. The monoisotopic (exact) mass is 462 g/mol. The van der Waals surface area contributed by atoms with Gasteiger partial charge in [0.15, 0.2) is 0 Å². The fraction of sp³-hybridized carbons (Fsp3) is 0.261. The molecule has 0 radical (unpaired) electrons. The van der Waals surface area contributed by atoms with Gasteiger partial charge in [0.05, 0.1) is 17.8 Å². The number of hydrogen-bond acceptors (Lipinski definition) is 7. The first-order valence-electron chi connectivity index (χ1n) is 10.4. The van der Waals surface area contributed by atoms with Crippen molar-refractivity contribution in [2.45, 2.75) is 31.9 Å². The quantitative estimate of drug-likeness (QED) is 0.543. The molecular weight excluding hydrogens is 440 g/mol. The van der Waals surface area contributed by atoms with E-state index >= 15 is 0 Å². The van der Waals surface area contributed by atoms with E-state index in [2.05, 4.69) is 26.8 Å². The number of ether oxygens (including phenoxy) is 1. The number of aromatic nitrogens is 3. The Bertz CT molecular complexity index is 1220. The Labute approximate surface area is 194 Å². The second kappa shape index (κ2) is 10.1. The molecule has 10 heteroatoms. The summed E-state index contributed by atoms with van der Waals surface area (Å²) in [6, 6.07) is 7.67. The van der Waals surface area contributed by atoms with E-state index in [1.807, 2.05) is 12.1 Å². The Balaban J connectivity index is 1.36. The zero-order chi connectivity index (χ0) is 23.2. The van der Waals surface area contributed by atoms with E-state index in [1.54, 1.807) is 42.5 Å². The maximum absolute atomic E-state index is 12.4. The maximum Gasteiger partial charge on any atom is 0.407 e. The number of fused-ring (bicyclic) bond motifs is 1. The number of nitrogens with one attached hydrogen (secondary N) is 2. The van der Waals surface area contributed by atoms with Crippen molar-refractivity contribution in [3.05, 3.63) is 70.1 Å². The summed E-state index contributed by atoms with van der Waals surface area (Å²) in [6.07, 6.45) is 9.01. The van der Waals surface area contributed by atoms with Crippen LogP contribution in [0.1, 0.15) is 33.7 Å². The van der Waals surface area contributed by atoms with Gasteiger partial charge in [-0.05, 0) is 42.2 Å². The van der Waals surface area contributed by atoms with Gasteiger partial charge in [0.2, 0.25) is 5.91 Å². The van der Waals surface area contributed by atoms with E-state index in [1.165, 1.54) is 17.4 Å². The van der Waals surface area contributed by atoms with Crippen molar-refractivity contribution in [1.29, 1.82) is 5.26 Å². The molecule has 0 aliphatic heterocycles. The van der Waals surface area contributed by atoms with Gasteiger partial charge >= 0.3 is 6.09 Å². The van der Waals surface area contributed by atoms with Crippen LogP contribution in [0.2, 0.25) is 0 Å². The molecule has 0 saturated carbocycles. The molecule has 1 unspecified atom stereocenters. The van der Waals surface area contributed by atoms with Crippen LogP contribution in [-0.2, 0) is 36.0 Å². The molecule has 2 amide bonds. The number of alkyl carbamates (subject to hydrolysis) is 1. The molecule has 0 fully saturated rings. The van der Waals surface area contributed by atoms with Crippen LogP contribution in [-0.4, -0.2) is 32.9 Å². The Hall–Kier alpha value is -3.97. The van der Waals surface area contributed by atoms with Gasteiger partial charge in [-0.1, -0.05) is 6.07 Å². The molecule has 0 aromatic carbocycles. The van der Waals surface area contributed by atoms with Crippen molar-refractivity contribution >= 4 is 34.4 Å². The van der Waals surface area contributed by atoms with Gasteiger partial charge in [0.25, 0.3) is 0 Å². The molecule has 1 aliphatic carbocycles. The van der Waals surface area contributed by atoms with Crippen LogP contribution in [0.15, 0.2) is 42.9 Å². The topological polar surface area (TPSA) is 122 Å². The number of aryl methyl sites for hydroxylation is 1. The molecule has 3 aromatic rings. The van der Waals surface area contributed by atoms with Crippen molar-refractivity contribution in [3.8, 4) is 6.07 Å². The Morgan fingerprint density at radius 1 is 1.39 bits per heavy atom. The van der Waals surface area contributed by atoms with E-state index < -0.39 is 6.09 Å². The molecule has 33 heavy (non-hydrogen) atoms. The van der Waals surface area contributed by atoms with Crippen molar-refractivity contribution in [2.75, 3.05) is 5.32 Å². The Kier molecular flexibility index (Phi) is 6.80. The highest BCUT2D eigenvalue weighted by Crippen LogP contribution is 2.38. The fourth-order valence-corrected chi connectivity index (χ4v) is 4.86. The Morgan fingerprint density at radius 2 is 2.27 bits per heavy atom. The maximum atomic E-state index is 12.4. The van der Waals surface area contributed by atoms with Crippen molar-refractivity contribution in [1.82, 2.24) is 20.1 Å². The number of anilines is 1. The molecule has 0 bridgehead atoms. The predicted octanol–water partition coefficient (Wildman–Crippen LogP) is 3.18. The number of carbonyl (C=O) groups is 2. The highest BCUT2D eigenvalue weighted by atomic mass is 32.1. The second-order valence-corrected chi connectivity index (χ2v) is 8.60. The van der Waals surface area contributed by atoms with Gasteiger partial charge in [-0.25, -0.2) is 4.79 Å². The number of nitrogens with zero attached hydrogens (tertiary/aromatic N) is 4.